The molecule has 6 heteroatoms. The maximum Gasteiger partial charge on any atom is 0.233 e. The van der Waals surface area contributed by atoms with Crippen LogP contribution in [-0.2, 0) is 17.8 Å². The van der Waals surface area contributed by atoms with E-state index < -0.39 is 0 Å². The second kappa shape index (κ2) is 9.41. The van der Waals surface area contributed by atoms with Crippen molar-refractivity contribution in [3.8, 4) is 0 Å². The van der Waals surface area contributed by atoms with Crippen LogP contribution in [0.3, 0.4) is 0 Å². The van der Waals surface area contributed by atoms with Crippen molar-refractivity contribution < 1.29 is 4.79 Å². The number of amides is 1. The summed E-state index contributed by atoms with van der Waals surface area (Å²) in [6.07, 6.45) is 3.87. The monoisotopic (exact) mass is 433 g/mol. The number of carbonyl (C=O) groups excluding carboxylic acids is 1. The van der Waals surface area contributed by atoms with Crippen LogP contribution >= 0.6 is 23.1 Å². The maximum absolute atomic E-state index is 13.3. The molecular formula is C24H23N3OS2. The van der Waals surface area contributed by atoms with Crippen molar-refractivity contribution in [3.05, 3.63) is 84.2 Å². The van der Waals surface area contributed by atoms with Crippen molar-refractivity contribution in [3.63, 3.8) is 0 Å². The third-order valence-electron chi connectivity index (χ3n) is 4.53. The molecule has 2 heterocycles. The topological polar surface area (TPSA) is 46.1 Å². The van der Waals surface area contributed by atoms with Gasteiger partial charge in [-0.05, 0) is 41.5 Å². The number of nitrogens with zero attached hydrogens (tertiary/aromatic N) is 3. The number of rotatable bonds is 7. The van der Waals surface area contributed by atoms with Crippen LogP contribution in [0.15, 0.2) is 78.0 Å². The molecule has 4 nitrogen and oxygen atoms in total. The van der Waals surface area contributed by atoms with E-state index in [1.54, 1.807) is 28.6 Å². The number of benzene rings is 2. The first-order valence-electron chi connectivity index (χ1n) is 9.89. The number of pyridine rings is 1. The van der Waals surface area contributed by atoms with Crippen molar-refractivity contribution >= 4 is 44.4 Å². The number of aromatic nitrogens is 2. The number of para-hydroxylation sites is 1. The first kappa shape index (κ1) is 20.6. The minimum absolute atomic E-state index is 0.0298. The molecule has 2 aromatic heterocycles. The van der Waals surface area contributed by atoms with Crippen molar-refractivity contribution in [1.29, 1.82) is 0 Å². The average molecular weight is 434 g/mol. The highest BCUT2D eigenvalue weighted by Gasteiger charge is 2.20. The Morgan fingerprint density at radius 1 is 1.03 bits per heavy atom. The fourth-order valence-corrected chi connectivity index (χ4v) is 4.96. The Bertz CT molecular complexity index is 1090. The lowest BCUT2D eigenvalue weighted by Crippen LogP contribution is -2.31. The van der Waals surface area contributed by atoms with Gasteiger partial charge >= 0.3 is 0 Å². The molecule has 0 unspecified atom stereocenters. The van der Waals surface area contributed by atoms with Gasteiger partial charge in [0.25, 0.3) is 0 Å². The van der Waals surface area contributed by atoms with Crippen LogP contribution < -0.4 is 4.90 Å². The Morgan fingerprint density at radius 2 is 1.83 bits per heavy atom. The van der Waals surface area contributed by atoms with Gasteiger partial charge in [0, 0.05) is 22.5 Å². The number of carbonyl (C=O) groups is 1. The van der Waals surface area contributed by atoms with E-state index in [1.165, 1.54) is 4.90 Å². The molecule has 0 aliphatic heterocycles. The molecule has 4 aromatic rings. The van der Waals surface area contributed by atoms with Gasteiger partial charge in [-0.25, -0.2) is 4.98 Å². The quantitative estimate of drug-likeness (QED) is 0.337. The Morgan fingerprint density at radius 3 is 2.53 bits per heavy atom. The van der Waals surface area contributed by atoms with E-state index in [9.17, 15) is 4.79 Å². The van der Waals surface area contributed by atoms with Gasteiger partial charge in [-0.15, -0.1) is 11.8 Å². The zero-order chi connectivity index (χ0) is 20.9. The summed E-state index contributed by atoms with van der Waals surface area (Å²) in [6, 6.07) is 20.1. The lowest BCUT2D eigenvalue weighted by Gasteiger charge is -2.20. The molecule has 1 amide bonds. The predicted molar refractivity (Wildman–Crippen MR) is 126 cm³/mol. The molecule has 0 saturated carbocycles. The van der Waals surface area contributed by atoms with Crippen LogP contribution in [0.2, 0.25) is 0 Å². The number of fused-ring (bicyclic) bond motifs is 1. The fourth-order valence-electron chi connectivity index (χ4n) is 3.14. The molecule has 0 aliphatic rings. The molecule has 0 fully saturated rings. The van der Waals surface area contributed by atoms with Crippen molar-refractivity contribution in [2.24, 2.45) is 0 Å². The molecule has 0 aliphatic carbocycles. The highest BCUT2D eigenvalue weighted by molar-refractivity contribution is 7.99. The third-order valence-corrected chi connectivity index (χ3v) is 6.60. The summed E-state index contributed by atoms with van der Waals surface area (Å²) >= 11 is 3.37. The number of thioether (sulfide) groups is 1. The van der Waals surface area contributed by atoms with Gasteiger partial charge in [0.05, 0.1) is 23.2 Å². The van der Waals surface area contributed by atoms with Gasteiger partial charge < -0.3 is 0 Å². The standard InChI is InChI=1S/C24H23N3OS2/c1-17(2)29-20-11-9-18(10-12-20)14-23(28)27(16-19-6-5-13-25-15-19)24-26-21-7-3-4-8-22(21)30-24/h3-13,15,17H,14,16H2,1-2H3. The van der Waals surface area contributed by atoms with Crippen molar-refractivity contribution in [2.75, 3.05) is 4.90 Å². The van der Waals surface area contributed by atoms with Gasteiger partial charge in [-0.1, -0.05) is 55.5 Å². The SMILES string of the molecule is CC(C)Sc1ccc(CC(=O)N(Cc2cccnc2)c2nc3ccccc3s2)cc1. The molecule has 2 aromatic carbocycles. The van der Waals surface area contributed by atoms with Crippen LogP contribution in [-0.4, -0.2) is 21.1 Å². The summed E-state index contributed by atoms with van der Waals surface area (Å²) in [7, 11) is 0. The summed E-state index contributed by atoms with van der Waals surface area (Å²) < 4.78 is 1.08. The highest BCUT2D eigenvalue weighted by Crippen LogP contribution is 2.30. The Hall–Kier alpha value is -2.70. The zero-order valence-corrected chi connectivity index (χ0v) is 18.6. The van der Waals surface area contributed by atoms with E-state index in [-0.39, 0.29) is 5.91 Å². The molecule has 152 valence electrons. The van der Waals surface area contributed by atoms with E-state index in [2.05, 4.69) is 31.0 Å². The number of thiazole rings is 1. The van der Waals surface area contributed by atoms with Crippen molar-refractivity contribution in [2.45, 2.75) is 37.0 Å². The lowest BCUT2D eigenvalue weighted by atomic mass is 10.1. The summed E-state index contributed by atoms with van der Waals surface area (Å²) in [4.78, 5) is 25.2. The van der Waals surface area contributed by atoms with Gasteiger partial charge in [0.1, 0.15) is 0 Å². The van der Waals surface area contributed by atoms with Crippen LogP contribution in [0.1, 0.15) is 25.0 Å². The highest BCUT2D eigenvalue weighted by atomic mass is 32.2. The van der Waals surface area contributed by atoms with Gasteiger partial charge in [0.2, 0.25) is 5.91 Å². The largest absolute Gasteiger partial charge is 0.283 e. The minimum Gasteiger partial charge on any atom is -0.283 e. The van der Waals surface area contributed by atoms with Gasteiger partial charge in [0.15, 0.2) is 5.13 Å². The first-order chi connectivity index (χ1) is 14.6. The molecular weight excluding hydrogens is 410 g/mol. The fraction of sp³-hybridized carbons (Fsp3) is 0.208. The predicted octanol–water partition coefficient (Wildman–Crippen LogP) is 5.97. The average Bonchev–Trinajstić information content (AvgIpc) is 3.17. The number of hydrogen-bond donors (Lipinski definition) is 0. The molecule has 0 spiro atoms. The Kier molecular flexibility index (Phi) is 6.45. The van der Waals surface area contributed by atoms with Crippen molar-refractivity contribution in [1.82, 2.24) is 9.97 Å². The molecule has 0 bridgehead atoms. The number of anilines is 1. The van der Waals surface area contributed by atoms with Gasteiger partial charge in [-0.3, -0.25) is 14.7 Å². The second-order valence-corrected chi connectivity index (χ2v) is 9.95. The second-order valence-electron chi connectivity index (χ2n) is 7.29. The van der Waals surface area contributed by atoms with Crippen LogP contribution in [0.5, 0.6) is 0 Å². The van der Waals surface area contributed by atoms with Crippen LogP contribution in [0, 0.1) is 0 Å². The van der Waals surface area contributed by atoms with E-state index in [1.807, 2.05) is 60.3 Å². The van der Waals surface area contributed by atoms with E-state index in [4.69, 9.17) is 4.98 Å². The van der Waals surface area contributed by atoms with Crippen LogP contribution in [0.25, 0.3) is 10.2 Å². The molecule has 30 heavy (non-hydrogen) atoms. The number of hydrogen-bond acceptors (Lipinski definition) is 5. The first-order valence-corrected chi connectivity index (χ1v) is 11.6. The van der Waals surface area contributed by atoms with E-state index in [0.717, 1.165) is 26.5 Å². The van der Waals surface area contributed by atoms with Gasteiger partial charge in [-0.2, -0.15) is 0 Å². The maximum atomic E-state index is 13.3. The third kappa shape index (κ3) is 5.07. The lowest BCUT2D eigenvalue weighted by molar-refractivity contribution is -0.118. The zero-order valence-electron chi connectivity index (χ0n) is 17.0. The molecule has 0 N–H and O–H groups in total. The van der Waals surface area contributed by atoms with E-state index >= 15 is 0 Å². The normalized spacial score (nSPS) is 11.2. The van der Waals surface area contributed by atoms with E-state index in [0.29, 0.717) is 18.2 Å². The summed E-state index contributed by atoms with van der Waals surface area (Å²) in [5.41, 5.74) is 2.90. The summed E-state index contributed by atoms with van der Waals surface area (Å²) in [6.45, 7) is 4.81. The Labute approximate surface area is 185 Å². The molecule has 0 radical (unpaired) electrons. The summed E-state index contributed by atoms with van der Waals surface area (Å²) in [5, 5.41) is 1.25. The minimum atomic E-state index is 0.0298. The molecule has 4 rings (SSSR count). The Balaban J connectivity index is 1.59. The van der Waals surface area contributed by atoms with Crippen LogP contribution in [0.4, 0.5) is 5.13 Å². The molecule has 0 atom stereocenters. The molecule has 0 saturated heterocycles. The smallest absolute Gasteiger partial charge is 0.233 e. The summed E-state index contributed by atoms with van der Waals surface area (Å²) in [5.74, 6) is 0.0298.